The summed E-state index contributed by atoms with van der Waals surface area (Å²) in [6.45, 7) is 1.85. The van der Waals surface area contributed by atoms with Gasteiger partial charge in [0.15, 0.2) is 0 Å². The van der Waals surface area contributed by atoms with Crippen LogP contribution >= 0.6 is 11.6 Å². The van der Waals surface area contributed by atoms with Gasteiger partial charge in [-0.1, -0.05) is 35.9 Å². The number of furan rings is 1. The number of halogens is 1. The van der Waals surface area contributed by atoms with Crippen molar-refractivity contribution in [3.63, 3.8) is 0 Å². The molecule has 29 heavy (non-hydrogen) atoms. The third-order valence-electron chi connectivity index (χ3n) is 4.38. The van der Waals surface area contributed by atoms with E-state index in [0.29, 0.717) is 22.2 Å². The van der Waals surface area contributed by atoms with Gasteiger partial charge in [0.2, 0.25) is 0 Å². The lowest BCUT2D eigenvalue weighted by molar-refractivity contribution is -0.122. The molecular formula is C22H15ClN2O4. The topological polar surface area (TPSA) is 79.6 Å². The molecule has 7 heteroatoms. The number of hydrogen-bond donors (Lipinski definition) is 1. The Balaban J connectivity index is 1.68. The van der Waals surface area contributed by atoms with Crippen LogP contribution in [-0.2, 0) is 9.59 Å². The lowest BCUT2D eigenvalue weighted by Gasteiger charge is -2.26. The van der Waals surface area contributed by atoms with Gasteiger partial charge in [-0.15, -0.1) is 0 Å². The minimum Gasteiger partial charge on any atom is -0.457 e. The minimum absolute atomic E-state index is 0.196. The summed E-state index contributed by atoms with van der Waals surface area (Å²) in [5.74, 6) is -0.652. The average molecular weight is 407 g/mol. The molecule has 0 bridgehead atoms. The monoisotopic (exact) mass is 406 g/mol. The lowest BCUT2D eigenvalue weighted by Crippen LogP contribution is -2.54. The number of benzene rings is 2. The zero-order valence-corrected chi connectivity index (χ0v) is 16.1. The van der Waals surface area contributed by atoms with Gasteiger partial charge in [-0.25, -0.2) is 9.69 Å². The van der Waals surface area contributed by atoms with Gasteiger partial charge in [-0.3, -0.25) is 14.9 Å². The maximum atomic E-state index is 12.9. The number of carbonyl (C=O) groups is 3. The highest BCUT2D eigenvalue weighted by Crippen LogP contribution is 2.27. The Kier molecular flexibility index (Phi) is 4.78. The molecule has 3 aromatic rings. The highest BCUT2D eigenvalue weighted by Gasteiger charge is 2.37. The van der Waals surface area contributed by atoms with Crippen LogP contribution in [-0.4, -0.2) is 17.8 Å². The Labute approximate surface area is 171 Å². The van der Waals surface area contributed by atoms with E-state index in [1.165, 1.54) is 6.08 Å². The van der Waals surface area contributed by atoms with E-state index < -0.39 is 17.8 Å². The third-order valence-corrected chi connectivity index (χ3v) is 4.62. The molecule has 144 valence electrons. The number of aryl methyl sites for hydroxylation is 1. The van der Waals surface area contributed by atoms with Crippen LogP contribution in [0.1, 0.15) is 11.3 Å². The number of amides is 4. The molecule has 1 aromatic heterocycles. The number of imide groups is 2. The van der Waals surface area contributed by atoms with Crippen LogP contribution in [0.2, 0.25) is 5.02 Å². The number of hydrogen-bond acceptors (Lipinski definition) is 4. The minimum atomic E-state index is -0.790. The molecule has 2 heterocycles. The van der Waals surface area contributed by atoms with Crippen LogP contribution in [0.15, 0.2) is 70.7 Å². The van der Waals surface area contributed by atoms with Crippen LogP contribution in [0.4, 0.5) is 10.5 Å². The molecule has 1 aliphatic heterocycles. The maximum Gasteiger partial charge on any atom is 0.335 e. The summed E-state index contributed by atoms with van der Waals surface area (Å²) in [5, 5.41) is 2.76. The molecule has 0 saturated carbocycles. The number of urea groups is 1. The van der Waals surface area contributed by atoms with Gasteiger partial charge in [-0.05, 0) is 55.0 Å². The lowest BCUT2D eigenvalue weighted by atomic mass is 10.1. The molecule has 0 unspecified atom stereocenters. The van der Waals surface area contributed by atoms with Crippen molar-refractivity contribution in [2.24, 2.45) is 0 Å². The van der Waals surface area contributed by atoms with Gasteiger partial charge in [-0.2, -0.15) is 0 Å². The van der Waals surface area contributed by atoms with E-state index in [-0.39, 0.29) is 5.57 Å². The second-order valence-electron chi connectivity index (χ2n) is 6.51. The van der Waals surface area contributed by atoms with Crippen molar-refractivity contribution < 1.29 is 18.8 Å². The fourth-order valence-corrected chi connectivity index (χ4v) is 3.22. The van der Waals surface area contributed by atoms with Crippen molar-refractivity contribution in [2.75, 3.05) is 4.90 Å². The SMILES string of the molecule is Cc1cccc(N2C(=O)NC(=O)/C(=C\c3ccc(-c4cccc(Cl)c4)o3)C2=O)c1. The molecule has 0 radical (unpaired) electrons. The second kappa shape index (κ2) is 7.41. The molecule has 4 rings (SSSR count). The largest absolute Gasteiger partial charge is 0.457 e. The van der Waals surface area contributed by atoms with Gasteiger partial charge in [0, 0.05) is 10.6 Å². The summed E-state index contributed by atoms with van der Waals surface area (Å²) in [4.78, 5) is 38.4. The van der Waals surface area contributed by atoms with Crippen molar-refractivity contribution >= 4 is 41.2 Å². The van der Waals surface area contributed by atoms with E-state index in [1.54, 1.807) is 48.5 Å². The average Bonchev–Trinajstić information content (AvgIpc) is 3.14. The molecule has 2 aromatic carbocycles. The Morgan fingerprint density at radius 3 is 2.55 bits per heavy atom. The number of nitrogens with zero attached hydrogens (tertiary/aromatic N) is 1. The van der Waals surface area contributed by atoms with Gasteiger partial charge in [0.05, 0.1) is 5.69 Å². The fraction of sp³-hybridized carbons (Fsp3) is 0.0455. The summed E-state index contributed by atoms with van der Waals surface area (Å²) >= 11 is 6.01. The van der Waals surface area contributed by atoms with Crippen LogP contribution in [0.3, 0.4) is 0 Å². The van der Waals surface area contributed by atoms with Gasteiger partial charge in [0.25, 0.3) is 11.8 Å². The van der Waals surface area contributed by atoms with Crippen LogP contribution in [0, 0.1) is 6.92 Å². The molecule has 6 nitrogen and oxygen atoms in total. The smallest absolute Gasteiger partial charge is 0.335 e. The first-order valence-electron chi connectivity index (χ1n) is 8.76. The predicted molar refractivity (Wildman–Crippen MR) is 109 cm³/mol. The molecule has 0 spiro atoms. The van der Waals surface area contributed by atoms with Crippen LogP contribution in [0.25, 0.3) is 17.4 Å². The predicted octanol–water partition coefficient (Wildman–Crippen LogP) is 4.57. The number of rotatable bonds is 3. The quantitative estimate of drug-likeness (QED) is 0.510. The van der Waals surface area contributed by atoms with E-state index in [1.807, 2.05) is 19.1 Å². The number of carbonyl (C=O) groups excluding carboxylic acids is 3. The Bertz CT molecular complexity index is 1180. The van der Waals surface area contributed by atoms with E-state index in [2.05, 4.69) is 5.32 Å². The maximum absolute atomic E-state index is 12.9. The highest BCUT2D eigenvalue weighted by molar-refractivity contribution is 6.39. The van der Waals surface area contributed by atoms with Crippen molar-refractivity contribution in [1.82, 2.24) is 5.32 Å². The normalized spacial score (nSPS) is 15.7. The van der Waals surface area contributed by atoms with Crippen molar-refractivity contribution in [3.8, 4) is 11.3 Å². The molecule has 1 fully saturated rings. The molecule has 1 aliphatic rings. The van der Waals surface area contributed by atoms with Gasteiger partial charge in [0.1, 0.15) is 17.1 Å². The van der Waals surface area contributed by atoms with Crippen molar-refractivity contribution in [2.45, 2.75) is 6.92 Å². The first-order valence-corrected chi connectivity index (χ1v) is 9.14. The van der Waals surface area contributed by atoms with E-state index in [4.69, 9.17) is 16.0 Å². The summed E-state index contributed by atoms with van der Waals surface area (Å²) in [6, 6.07) is 16.6. The van der Waals surface area contributed by atoms with Crippen LogP contribution in [0.5, 0.6) is 0 Å². The second-order valence-corrected chi connectivity index (χ2v) is 6.95. The summed E-state index contributed by atoms with van der Waals surface area (Å²) < 4.78 is 5.74. The Morgan fingerprint density at radius 1 is 1.00 bits per heavy atom. The van der Waals surface area contributed by atoms with Crippen LogP contribution < -0.4 is 10.2 Å². The zero-order chi connectivity index (χ0) is 20.5. The molecule has 0 atom stereocenters. The van der Waals surface area contributed by atoms with E-state index in [9.17, 15) is 14.4 Å². The molecule has 1 N–H and O–H groups in total. The molecule has 4 amide bonds. The Morgan fingerprint density at radius 2 is 1.79 bits per heavy atom. The fourth-order valence-electron chi connectivity index (χ4n) is 3.03. The van der Waals surface area contributed by atoms with E-state index in [0.717, 1.165) is 16.0 Å². The van der Waals surface area contributed by atoms with Gasteiger partial charge >= 0.3 is 6.03 Å². The number of nitrogens with one attached hydrogen (secondary N) is 1. The molecular weight excluding hydrogens is 392 g/mol. The van der Waals surface area contributed by atoms with E-state index >= 15 is 0 Å². The summed E-state index contributed by atoms with van der Waals surface area (Å²) in [6.07, 6.45) is 1.32. The number of barbiturate groups is 1. The van der Waals surface area contributed by atoms with Crippen molar-refractivity contribution in [3.05, 3.63) is 82.6 Å². The van der Waals surface area contributed by atoms with Crippen molar-refractivity contribution in [1.29, 1.82) is 0 Å². The standard InChI is InChI=1S/C22H15ClN2O4/c1-13-4-2-7-16(10-13)25-21(27)18(20(26)24-22(25)28)12-17-8-9-19(29-17)14-5-3-6-15(23)11-14/h2-12H,1H3,(H,24,26,28)/b18-12+. The van der Waals surface area contributed by atoms with Gasteiger partial charge < -0.3 is 4.42 Å². The summed E-state index contributed by atoms with van der Waals surface area (Å²) in [5.41, 5.74) is 1.82. The molecule has 1 saturated heterocycles. The highest BCUT2D eigenvalue weighted by atomic mass is 35.5. The zero-order valence-electron chi connectivity index (χ0n) is 15.3. The first-order chi connectivity index (χ1) is 13.9. The third kappa shape index (κ3) is 3.70. The molecule has 0 aliphatic carbocycles. The first kappa shape index (κ1) is 18.7. The Hall–Kier alpha value is -3.64. The summed E-state index contributed by atoms with van der Waals surface area (Å²) in [7, 11) is 0. The number of anilines is 1.